The van der Waals surface area contributed by atoms with Gasteiger partial charge in [-0.15, -0.1) is 0 Å². The summed E-state index contributed by atoms with van der Waals surface area (Å²) in [6, 6.07) is 9.05. The lowest BCUT2D eigenvalue weighted by molar-refractivity contribution is -0.116. The third-order valence-electron chi connectivity index (χ3n) is 2.97. The SMILES string of the molecule is Cc1cccc(NC(=O)CCNC(=O)c2ccc(Cl)cc2F)n1. The molecule has 0 unspecified atom stereocenters. The second kappa shape index (κ2) is 7.69. The highest BCUT2D eigenvalue weighted by Crippen LogP contribution is 2.14. The minimum Gasteiger partial charge on any atom is -0.351 e. The number of anilines is 1. The van der Waals surface area contributed by atoms with Crippen molar-refractivity contribution in [3.8, 4) is 0 Å². The molecular formula is C16H15ClFN3O2. The Morgan fingerprint density at radius 1 is 1.26 bits per heavy atom. The zero-order valence-corrected chi connectivity index (χ0v) is 13.2. The molecule has 0 atom stereocenters. The van der Waals surface area contributed by atoms with Gasteiger partial charge >= 0.3 is 0 Å². The number of benzene rings is 1. The van der Waals surface area contributed by atoms with Crippen LogP contribution in [0.5, 0.6) is 0 Å². The quantitative estimate of drug-likeness (QED) is 0.882. The molecule has 1 aromatic heterocycles. The number of carbonyl (C=O) groups excluding carboxylic acids is 2. The van der Waals surface area contributed by atoms with E-state index in [1.807, 2.05) is 13.0 Å². The van der Waals surface area contributed by atoms with Crippen LogP contribution in [0.2, 0.25) is 5.02 Å². The van der Waals surface area contributed by atoms with Crippen LogP contribution < -0.4 is 10.6 Å². The van der Waals surface area contributed by atoms with Gasteiger partial charge < -0.3 is 10.6 Å². The number of hydrogen-bond donors (Lipinski definition) is 2. The van der Waals surface area contributed by atoms with E-state index in [0.717, 1.165) is 11.8 Å². The topological polar surface area (TPSA) is 71.1 Å². The van der Waals surface area contributed by atoms with E-state index in [1.165, 1.54) is 12.1 Å². The first-order chi connectivity index (χ1) is 11.0. The number of aromatic nitrogens is 1. The Morgan fingerprint density at radius 2 is 2.04 bits per heavy atom. The summed E-state index contributed by atoms with van der Waals surface area (Å²) in [6.07, 6.45) is 0.0522. The molecule has 0 bridgehead atoms. The van der Waals surface area contributed by atoms with Gasteiger partial charge in [-0.3, -0.25) is 9.59 Å². The lowest BCUT2D eigenvalue weighted by Gasteiger charge is -2.07. The van der Waals surface area contributed by atoms with Gasteiger partial charge in [0.25, 0.3) is 5.91 Å². The molecule has 0 saturated carbocycles. The molecule has 0 aliphatic carbocycles. The minimum atomic E-state index is -0.705. The monoisotopic (exact) mass is 335 g/mol. The van der Waals surface area contributed by atoms with E-state index >= 15 is 0 Å². The highest BCUT2D eigenvalue weighted by Gasteiger charge is 2.12. The summed E-state index contributed by atoms with van der Waals surface area (Å²) < 4.78 is 13.6. The lowest BCUT2D eigenvalue weighted by Crippen LogP contribution is -2.28. The van der Waals surface area contributed by atoms with E-state index in [-0.39, 0.29) is 29.5 Å². The third-order valence-corrected chi connectivity index (χ3v) is 3.20. The van der Waals surface area contributed by atoms with Crippen LogP contribution >= 0.6 is 11.6 Å². The fourth-order valence-electron chi connectivity index (χ4n) is 1.88. The van der Waals surface area contributed by atoms with Gasteiger partial charge in [-0.1, -0.05) is 17.7 Å². The number of halogens is 2. The van der Waals surface area contributed by atoms with Crippen molar-refractivity contribution >= 4 is 29.2 Å². The molecule has 2 aromatic rings. The molecule has 0 aliphatic heterocycles. The average molecular weight is 336 g/mol. The first kappa shape index (κ1) is 16.9. The van der Waals surface area contributed by atoms with Gasteiger partial charge in [0.1, 0.15) is 11.6 Å². The normalized spacial score (nSPS) is 10.2. The maximum atomic E-state index is 13.6. The molecule has 1 heterocycles. The van der Waals surface area contributed by atoms with Crippen LogP contribution in [0.25, 0.3) is 0 Å². The van der Waals surface area contributed by atoms with Gasteiger partial charge in [0, 0.05) is 23.7 Å². The number of pyridine rings is 1. The Labute approximate surface area is 137 Å². The van der Waals surface area contributed by atoms with Gasteiger partial charge in [0.15, 0.2) is 0 Å². The maximum absolute atomic E-state index is 13.6. The van der Waals surface area contributed by atoms with E-state index in [2.05, 4.69) is 15.6 Å². The zero-order valence-electron chi connectivity index (χ0n) is 12.4. The highest BCUT2D eigenvalue weighted by molar-refractivity contribution is 6.30. The largest absolute Gasteiger partial charge is 0.351 e. The Balaban J connectivity index is 1.82. The van der Waals surface area contributed by atoms with Crippen LogP contribution in [0.15, 0.2) is 36.4 Å². The highest BCUT2D eigenvalue weighted by atomic mass is 35.5. The van der Waals surface area contributed by atoms with Crippen molar-refractivity contribution < 1.29 is 14.0 Å². The predicted octanol–water partition coefficient (Wildman–Crippen LogP) is 2.94. The van der Waals surface area contributed by atoms with Crippen LogP contribution in [0, 0.1) is 12.7 Å². The molecule has 0 saturated heterocycles. The van der Waals surface area contributed by atoms with Gasteiger partial charge in [-0.2, -0.15) is 0 Å². The Hall–Kier alpha value is -2.47. The second-order valence-corrected chi connectivity index (χ2v) is 5.28. The fraction of sp³-hybridized carbons (Fsp3) is 0.188. The molecule has 0 radical (unpaired) electrons. The molecule has 0 fully saturated rings. The van der Waals surface area contributed by atoms with E-state index < -0.39 is 11.7 Å². The Kier molecular flexibility index (Phi) is 5.65. The molecule has 2 rings (SSSR count). The molecule has 0 spiro atoms. The molecular weight excluding hydrogens is 321 g/mol. The summed E-state index contributed by atoms with van der Waals surface area (Å²) in [7, 11) is 0. The number of nitrogens with zero attached hydrogens (tertiary/aromatic N) is 1. The van der Waals surface area contributed by atoms with Gasteiger partial charge in [0.2, 0.25) is 5.91 Å². The smallest absolute Gasteiger partial charge is 0.254 e. The molecule has 0 aliphatic rings. The first-order valence-electron chi connectivity index (χ1n) is 6.92. The molecule has 2 N–H and O–H groups in total. The van der Waals surface area contributed by atoms with Gasteiger partial charge in [-0.25, -0.2) is 9.37 Å². The van der Waals surface area contributed by atoms with Crippen molar-refractivity contribution in [2.45, 2.75) is 13.3 Å². The molecule has 1 aromatic carbocycles. The lowest BCUT2D eigenvalue weighted by atomic mass is 10.2. The van der Waals surface area contributed by atoms with E-state index in [9.17, 15) is 14.0 Å². The number of rotatable bonds is 5. The summed E-state index contributed by atoms with van der Waals surface area (Å²) in [5.41, 5.74) is 0.671. The number of amides is 2. The number of carbonyl (C=O) groups is 2. The number of nitrogens with one attached hydrogen (secondary N) is 2. The van der Waals surface area contributed by atoms with Crippen molar-refractivity contribution in [3.63, 3.8) is 0 Å². The maximum Gasteiger partial charge on any atom is 0.254 e. The molecule has 120 valence electrons. The summed E-state index contributed by atoms with van der Waals surface area (Å²) in [4.78, 5) is 27.7. The Bertz CT molecular complexity index is 737. The summed E-state index contributed by atoms with van der Waals surface area (Å²) in [5, 5.41) is 5.32. The standard InChI is InChI=1S/C16H15ClFN3O2/c1-10-3-2-4-14(20-10)21-15(22)7-8-19-16(23)12-6-5-11(17)9-13(12)18/h2-6,9H,7-8H2,1H3,(H,19,23)(H,20,21,22). The van der Waals surface area contributed by atoms with Gasteiger partial charge in [0.05, 0.1) is 5.56 Å². The van der Waals surface area contributed by atoms with E-state index in [1.54, 1.807) is 12.1 Å². The zero-order chi connectivity index (χ0) is 16.8. The molecule has 5 nitrogen and oxygen atoms in total. The predicted molar refractivity (Wildman–Crippen MR) is 86.0 cm³/mol. The molecule has 23 heavy (non-hydrogen) atoms. The van der Waals surface area contributed by atoms with Crippen LogP contribution in [-0.2, 0) is 4.79 Å². The number of aryl methyl sites for hydroxylation is 1. The second-order valence-electron chi connectivity index (χ2n) is 4.84. The van der Waals surface area contributed by atoms with Crippen molar-refractivity contribution in [2.24, 2.45) is 0 Å². The average Bonchev–Trinajstić information content (AvgIpc) is 2.47. The minimum absolute atomic E-state index is 0.0522. The fourth-order valence-corrected chi connectivity index (χ4v) is 2.04. The van der Waals surface area contributed by atoms with Crippen LogP contribution in [0.4, 0.5) is 10.2 Å². The van der Waals surface area contributed by atoms with Crippen molar-refractivity contribution in [2.75, 3.05) is 11.9 Å². The van der Waals surface area contributed by atoms with E-state index in [4.69, 9.17) is 11.6 Å². The van der Waals surface area contributed by atoms with Crippen LogP contribution in [-0.4, -0.2) is 23.3 Å². The van der Waals surface area contributed by atoms with Crippen LogP contribution in [0.1, 0.15) is 22.5 Å². The van der Waals surface area contributed by atoms with Gasteiger partial charge in [-0.05, 0) is 37.3 Å². The summed E-state index contributed by atoms with van der Waals surface area (Å²) >= 11 is 5.63. The van der Waals surface area contributed by atoms with E-state index in [0.29, 0.717) is 5.82 Å². The Morgan fingerprint density at radius 3 is 2.74 bits per heavy atom. The number of hydrogen-bond acceptors (Lipinski definition) is 3. The van der Waals surface area contributed by atoms with Crippen molar-refractivity contribution in [3.05, 3.63) is 58.5 Å². The van der Waals surface area contributed by atoms with Crippen molar-refractivity contribution in [1.29, 1.82) is 0 Å². The van der Waals surface area contributed by atoms with Crippen LogP contribution in [0.3, 0.4) is 0 Å². The first-order valence-corrected chi connectivity index (χ1v) is 7.30. The van der Waals surface area contributed by atoms with Crippen molar-refractivity contribution in [1.82, 2.24) is 10.3 Å². The summed E-state index contributed by atoms with van der Waals surface area (Å²) in [5.74, 6) is -1.14. The summed E-state index contributed by atoms with van der Waals surface area (Å²) in [6.45, 7) is 1.90. The molecule has 7 heteroatoms. The molecule has 2 amide bonds. The third kappa shape index (κ3) is 5.03.